The number of carbonyl (C=O) groups excluding carboxylic acids is 1. The minimum absolute atomic E-state index is 0.140. The molecule has 0 saturated carbocycles. The van der Waals surface area contributed by atoms with Crippen molar-refractivity contribution in [3.63, 3.8) is 0 Å². The predicted octanol–water partition coefficient (Wildman–Crippen LogP) is 3.53. The van der Waals surface area contributed by atoms with Crippen LogP contribution < -0.4 is 14.8 Å². The molecule has 0 atom stereocenters. The van der Waals surface area contributed by atoms with E-state index in [1.165, 1.54) is 6.07 Å². The fourth-order valence-electron chi connectivity index (χ4n) is 2.70. The molecule has 5 nitrogen and oxygen atoms in total. The molecule has 2 rings (SSSR count). The molecule has 0 saturated heterocycles. The number of carbonyl (C=O) groups is 1. The van der Waals surface area contributed by atoms with E-state index in [4.69, 9.17) is 9.47 Å². The van der Waals surface area contributed by atoms with Crippen LogP contribution in [0.3, 0.4) is 0 Å². The standard InChI is InChI=1S/C20H25FN2O3/c1-13-6-7-17(16(21)8-13)22-20(24)12-23(3)11-15-10-19(26-5)18(25-4)9-14(15)2/h6-10H,11-12H2,1-5H3,(H,22,24). The molecule has 0 unspecified atom stereocenters. The zero-order chi connectivity index (χ0) is 19.3. The Balaban J connectivity index is 2.01. The highest BCUT2D eigenvalue weighted by molar-refractivity contribution is 5.92. The zero-order valence-electron chi connectivity index (χ0n) is 15.9. The smallest absolute Gasteiger partial charge is 0.238 e. The van der Waals surface area contributed by atoms with Crippen molar-refractivity contribution in [1.29, 1.82) is 0 Å². The van der Waals surface area contributed by atoms with Crippen molar-refractivity contribution < 1.29 is 18.7 Å². The molecule has 1 amide bonds. The van der Waals surface area contributed by atoms with Crippen LogP contribution in [0.1, 0.15) is 16.7 Å². The molecular weight excluding hydrogens is 335 g/mol. The number of nitrogens with one attached hydrogen (secondary N) is 1. The number of methoxy groups -OCH3 is 2. The Labute approximate surface area is 153 Å². The highest BCUT2D eigenvalue weighted by Gasteiger charge is 2.13. The van der Waals surface area contributed by atoms with Crippen LogP contribution in [-0.2, 0) is 11.3 Å². The van der Waals surface area contributed by atoms with Gasteiger partial charge in [-0.05, 0) is 61.9 Å². The van der Waals surface area contributed by atoms with Gasteiger partial charge in [-0.25, -0.2) is 4.39 Å². The van der Waals surface area contributed by atoms with Gasteiger partial charge in [-0.1, -0.05) is 6.07 Å². The molecule has 0 aliphatic heterocycles. The lowest BCUT2D eigenvalue weighted by Gasteiger charge is -2.19. The van der Waals surface area contributed by atoms with Crippen LogP contribution in [0.25, 0.3) is 0 Å². The summed E-state index contributed by atoms with van der Waals surface area (Å²) in [7, 11) is 5.02. The van der Waals surface area contributed by atoms with E-state index in [1.807, 2.05) is 31.0 Å². The summed E-state index contributed by atoms with van der Waals surface area (Å²) in [5.74, 6) is 0.613. The van der Waals surface area contributed by atoms with Crippen LogP contribution in [0.15, 0.2) is 30.3 Å². The second-order valence-electron chi connectivity index (χ2n) is 6.34. The topological polar surface area (TPSA) is 50.8 Å². The normalized spacial score (nSPS) is 10.7. The van der Waals surface area contributed by atoms with Crippen molar-refractivity contribution in [3.05, 3.63) is 52.8 Å². The quantitative estimate of drug-likeness (QED) is 0.821. The summed E-state index contributed by atoms with van der Waals surface area (Å²) >= 11 is 0. The molecule has 140 valence electrons. The number of halogens is 1. The van der Waals surface area contributed by atoms with Gasteiger partial charge in [-0.2, -0.15) is 0 Å². The number of ether oxygens (including phenoxy) is 2. The first kappa shape index (κ1) is 19.7. The van der Waals surface area contributed by atoms with Gasteiger partial charge in [0.05, 0.1) is 26.5 Å². The third-order valence-electron chi connectivity index (χ3n) is 4.09. The molecule has 26 heavy (non-hydrogen) atoms. The number of amides is 1. The number of nitrogens with zero attached hydrogens (tertiary/aromatic N) is 1. The fraction of sp³-hybridized carbons (Fsp3) is 0.350. The Kier molecular flexibility index (Phi) is 6.58. The summed E-state index contributed by atoms with van der Waals surface area (Å²) in [6.07, 6.45) is 0. The van der Waals surface area contributed by atoms with Gasteiger partial charge in [-0.15, -0.1) is 0 Å². The molecule has 0 aliphatic rings. The van der Waals surface area contributed by atoms with Gasteiger partial charge in [0.1, 0.15) is 5.82 Å². The third kappa shape index (κ3) is 4.95. The number of anilines is 1. The maximum absolute atomic E-state index is 13.8. The Morgan fingerprint density at radius 2 is 1.77 bits per heavy atom. The predicted molar refractivity (Wildman–Crippen MR) is 100 cm³/mol. The van der Waals surface area contributed by atoms with Gasteiger partial charge in [0, 0.05) is 6.54 Å². The minimum atomic E-state index is -0.434. The highest BCUT2D eigenvalue weighted by Crippen LogP contribution is 2.30. The summed E-state index contributed by atoms with van der Waals surface area (Å²) in [5, 5.41) is 2.61. The van der Waals surface area contributed by atoms with E-state index >= 15 is 0 Å². The number of aryl methyl sites for hydroxylation is 2. The van der Waals surface area contributed by atoms with Crippen LogP contribution in [0.4, 0.5) is 10.1 Å². The lowest BCUT2D eigenvalue weighted by Crippen LogP contribution is -2.30. The van der Waals surface area contributed by atoms with E-state index < -0.39 is 5.82 Å². The van der Waals surface area contributed by atoms with Crippen LogP contribution in [0.5, 0.6) is 11.5 Å². The lowest BCUT2D eigenvalue weighted by molar-refractivity contribution is -0.117. The molecule has 0 spiro atoms. The Hall–Kier alpha value is -2.60. The molecule has 2 aromatic carbocycles. The Morgan fingerprint density at radius 1 is 1.12 bits per heavy atom. The number of hydrogen-bond donors (Lipinski definition) is 1. The molecule has 1 N–H and O–H groups in total. The van der Waals surface area contributed by atoms with Crippen LogP contribution >= 0.6 is 0 Å². The van der Waals surface area contributed by atoms with E-state index in [0.717, 1.165) is 16.7 Å². The number of likely N-dealkylation sites (N-methyl/N-ethyl adjacent to an activating group) is 1. The van der Waals surface area contributed by atoms with E-state index in [2.05, 4.69) is 5.32 Å². The maximum Gasteiger partial charge on any atom is 0.238 e. The van der Waals surface area contributed by atoms with Crippen molar-refractivity contribution in [3.8, 4) is 11.5 Å². The average Bonchev–Trinajstić information content (AvgIpc) is 2.58. The first-order valence-electron chi connectivity index (χ1n) is 8.30. The summed E-state index contributed by atoms with van der Waals surface area (Å²) < 4.78 is 24.5. The molecule has 6 heteroatoms. The number of hydrogen-bond acceptors (Lipinski definition) is 4. The summed E-state index contributed by atoms with van der Waals surface area (Å²) in [4.78, 5) is 14.1. The molecule has 0 radical (unpaired) electrons. The van der Waals surface area contributed by atoms with Crippen LogP contribution in [0, 0.1) is 19.7 Å². The second-order valence-corrected chi connectivity index (χ2v) is 6.34. The number of rotatable bonds is 7. The minimum Gasteiger partial charge on any atom is -0.493 e. The third-order valence-corrected chi connectivity index (χ3v) is 4.09. The van der Waals surface area contributed by atoms with Gasteiger partial charge >= 0.3 is 0 Å². The first-order valence-corrected chi connectivity index (χ1v) is 8.30. The van der Waals surface area contributed by atoms with Crippen molar-refractivity contribution in [1.82, 2.24) is 4.90 Å². The zero-order valence-corrected chi connectivity index (χ0v) is 15.9. The number of benzene rings is 2. The molecule has 0 bridgehead atoms. The SMILES string of the molecule is COc1cc(C)c(CN(C)CC(=O)Nc2ccc(C)cc2F)cc1OC. The van der Waals surface area contributed by atoms with E-state index in [-0.39, 0.29) is 18.1 Å². The fourth-order valence-corrected chi connectivity index (χ4v) is 2.70. The van der Waals surface area contributed by atoms with Crippen molar-refractivity contribution >= 4 is 11.6 Å². The van der Waals surface area contributed by atoms with Crippen molar-refractivity contribution in [2.45, 2.75) is 20.4 Å². The van der Waals surface area contributed by atoms with E-state index in [1.54, 1.807) is 33.3 Å². The van der Waals surface area contributed by atoms with Gasteiger partial charge in [-0.3, -0.25) is 9.69 Å². The van der Waals surface area contributed by atoms with Crippen LogP contribution in [0.2, 0.25) is 0 Å². The molecule has 0 aromatic heterocycles. The summed E-state index contributed by atoms with van der Waals surface area (Å²) in [6.45, 7) is 4.47. The Bertz CT molecular complexity index is 793. The first-order chi connectivity index (χ1) is 12.3. The van der Waals surface area contributed by atoms with Crippen molar-refractivity contribution in [2.75, 3.05) is 33.1 Å². The van der Waals surface area contributed by atoms with Gasteiger partial charge in [0.25, 0.3) is 0 Å². The monoisotopic (exact) mass is 360 g/mol. The molecule has 0 aliphatic carbocycles. The van der Waals surface area contributed by atoms with E-state index in [0.29, 0.717) is 18.0 Å². The largest absolute Gasteiger partial charge is 0.493 e. The van der Waals surface area contributed by atoms with Gasteiger partial charge in [0.2, 0.25) is 5.91 Å². The summed E-state index contributed by atoms with van der Waals surface area (Å²) in [6, 6.07) is 8.54. The van der Waals surface area contributed by atoms with Crippen molar-refractivity contribution in [2.24, 2.45) is 0 Å². The molecule has 0 fully saturated rings. The van der Waals surface area contributed by atoms with Gasteiger partial charge in [0.15, 0.2) is 11.5 Å². The van der Waals surface area contributed by atoms with E-state index in [9.17, 15) is 9.18 Å². The van der Waals surface area contributed by atoms with Crippen LogP contribution in [-0.4, -0.2) is 38.6 Å². The highest BCUT2D eigenvalue weighted by atomic mass is 19.1. The van der Waals surface area contributed by atoms with Gasteiger partial charge < -0.3 is 14.8 Å². The summed E-state index contributed by atoms with van der Waals surface area (Å²) in [5.41, 5.74) is 3.07. The average molecular weight is 360 g/mol. The lowest BCUT2D eigenvalue weighted by atomic mass is 10.1. The maximum atomic E-state index is 13.8. The molecule has 0 heterocycles. The second kappa shape index (κ2) is 8.67. The Morgan fingerprint density at radius 3 is 2.38 bits per heavy atom. The molecular formula is C20H25FN2O3. The molecule has 2 aromatic rings.